The Kier molecular flexibility index (Phi) is 4.60. The number of esters is 1. The number of nitrogens with zero attached hydrogens (tertiary/aromatic N) is 1. The molecule has 0 spiro atoms. The highest BCUT2D eigenvalue weighted by Gasteiger charge is 2.45. The van der Waals surface area contributed by atoms with E-state index in [1.807, 2.05) is 0 Å². The summed E-state index contributed by atoms with van der Waals surface area (Å²) in [6.45, 7) is 4.21. The summed E-state index contributed by atoms with van der Waals surface area (Å²) in [5.41, 5.74) is -0.718. The zero-order valence-corrected chi connectivity index (χ0v) is 12.4. The fourth-order valence-corrected chi connectivity index (χ4v) is 2.72. The van der Waals surface area contributed by atoms with Crippen molar-refractivity contribution in [3.63, 3.8) is 0 Å². The maximum atomic E-state index is 13.3. The molecule has 0 aromatic heterocycles. The first-order valence-electron chi connectivity index (χ1n) is 7.24. The summed E-state index contributed by atoms with van der Waals surface area (Å²) < 4.78 is 18.4. The second kappa shape index (κ2) is 6.24. The molecule has 1 amide bonds. The molecule has 0 saturated carbocycles. The van der Waals surface area contributed by atoms with Crippen molar-refractivity contribution in [3.05, 3.63) is 35.6 Å². The molecule has 0 bridgehead atoms. The Labute approximate surface area is 123 Å². The Balaban J connectivity index is 2.30. The van der Waals surface area contributed by atoms with Gasteiger partial charge in [-0.1, -0.05) is 6.07 Å². The Morgan fingerprint density at radius 2 is 2.14 bits per heavy atom. The van der Waals surface area contributed by atoms with Crippen molar-refractivity contribution in [2.75, 3.05) is 13.2 Å². The summed E-state index contributed by atoms with van der Waals surface area (Å²) in [6, 6.07) is 5.54. The van der Waals surface area contributed by atoms with Gasteiger partial charge in [-0.15, -0.1) is 0 Å². The van der Waals surface area contributed by atoms with Crippen LogP contribution in [0.1, 0.15) is 43.5 Å². The van der Waals surface area contributed by atoms with Gasteiger partial charge in [0.2, 0.25) is 0 Å². The highest BCUT2D eigenvalue weighted by atomic mass is 19.1. The second-order valence-electron chi connectivity index (χ2n) is 5.42. The first kappa shape index (κ1) is 15.5. The fourth-order valence-electron chi connectivity index (χ4n) is 2.72. The predicted molar refractivity (Wildman–Crippen MR) is 76.3 cm³/mol. The van der Waals surface area contributed by atoms with Crippen molar-refractivity contribution in [3.8, 4) is 0 Å². The largest absolute Gasteiger partial charge is 0.464 e. The number of halogens is 1. The molecule has 1 unspecified atom stereocenters. The van der Waals surface area contributed by atoms with Crippen LogP contribution in [0.25, 0.3) is 0 Å². The molecule has 1 aromatic rings. The Morgan fingerprint density at radius 3 is 2.81 bits per heavy atom. The third kappa shape index (κ3) is 3.06. The highest BCUT2D eigenvalue weighted by Crippen LogP contribution is 2.30. The maximum absolute atomic E-state index is 13.3. The van der Waals surface area contributed by atoms with E-state index in [0.29, 0.717) is 13.0 Å². The van der Waals surface area contributed by atoms with Crippen molar-refractivity contribution in [1.82, 2.24) is 4.90 Å². The number of piperidine rings is 1. The molecular formula is C16H20FNO3. The van der Waals surface area contributed by atoms with Crippen LogP contribution in [0.15, 0.2) is 24.3 Å². The minimum absolute atomic E-state index is 0.257. The second-order valence-corrected chi connectivity index (χ2v) is 5.42. The van der Waals surface area contributed by atoms with Crippen LogP contribution < -0.4 is 0 Å². The smallest absolute Gasteiger partial charge is 0.331 e. The molecule has 4 nitrogen and oxygen atoms in total. The van der Waals surface area contributed by atoms with Crippen LogP contribution in [0.4, 0.5) is 4.39 Å². The Morgan fingerprint density at radius 1 is 1.38 bits per heavy atom. The molecule has 1 fully saturated rings. The lowest BCUT2D eigenvalue weighted by molar-refractivity contribution is -0.157. The topological polar surface area (TPSA) is 46.6 Å². The number of hydrogen-bond acceptors (Lipinski definition) is 3. The number of amides is 1. The molecule has 1 aromatic carbocycles. The van der Waals surface area contributed by atoms with E-state index in [2.05, 4.69) is 0 Å². The average molecular weight is 293 g/mol. The summed E-state index contributed by atoms with van der Waals surface area (Å²) in [4.78, 5) is 26.4. The minimum Gasteiger partial charge on any atom is -0.464 e. The number of rotatable bonds is 3. The number of likely N-dealkylation sites (tertiary alicyclic amines) is 1. The number of hydrogen-bond donors (Lipinski definition) is 0. The van der Waals surface area contributed by atoms with Gasteiger partial charge < -0.3 is 9.64 Å². The summed E-state index contributed by atoms with van der Waals surface area (Å²) in [7, 11) is 0. The van der Waals surface area contributed by atoms with Crippen LogP contribution in [0.5, 0.6) is 0 Å². The molecule has 1 aliphatic rings. The van der Waals surface area contributed by atoms with Gasteiger partial charge in [-0.25, -0.2) is 9.18 Å². The molecule has 114 valence electrons. The van der Waals surface area contributed by atoms with Crippen molar-refractivity contribution in [2.24, 2.45) is 0 Å². The molecular weight excluding hydrogens is 273 g/mol. The van der Waals surface area contributed by atoms with E-state index in [-0.39, 0.29) is 18.1 Å². The third-order valence-electron chi connectivity index (χ3n) is 3.92. The van der Waals surface area contributed by atoms with Gasteiger partial charge in [0.15, 0.2) is 0 Å². The summed E-state index contributed by atoms with van der Waals surface area (Å²) in [5.74, 6) is -1.19. The average Bonchev–Trinajstić information content (AvgIpc) is 2.47. The zero-order chi connectivity index (χ0) is 15.5. The monoisotopic (exact) mass is 293 g/mol. The van der Waals surface area contributed by atoms with Crippen molar-refractivity contribution >= 4 is 11.9 Å². The summed E-state index contributed by atoms with van der Waals surface area (Å²) in [6.07, 6.45) is 2.26. The van der Waals surface area contributed by atoms with Crippen LogP contribution in [0, 0.1) is 5.82 Å². The van der Waals surface area contributed by atoms with E-state index in [1.165, 1.54) is 23.1 Å². The van der Waals surface area contributed by atoms with Crippen LogP contribution in [-0.2, 0) is 9.53 Å². The predicted octanol–water partition coefficient (Wildman–Crippen LogP) is 2.77. The maximum Gasteiger partial charge on any atom is 0.331 e. The standard InChI is InChI=1S/C16H20FNO3/c1-3-21-15(20)16(2)9-4-5-10-18(16)14(19)12-7-6-8-13(17)11-12/h6-8,11H,3-5,9-10H2,1-2H3. The lowest BCUT2D eigenvalue weighted by Gasteiger charge is -2.42. The van der Waals surface area contributed by atoms with Gasteiger partial charge in [-0.2, -0.15) is 0 Å². The van der Waals surface area contributed by atoms with Gasteiger partial charge in [-0.05, 0) is 51.3 Å². The zero-order valence-electron chi connectivity index (χ0n) is 12.4. The molecule has 2 rings (SSSR count). The lowest BCUT2D eigenvalue weighted by Crippen LogP contribution is -2.58. The molecule has 5 heteroatoms. The number of ether oxygens (including phenoxy) is 1. The van der Waals surface area contributed by atoms with E-state index in [1.54, 1.807) is 19.9 Å². The van der Waals surface area contributed by atoms with Gasteiger partial charge in [-0.3, -0.25) is 4.79 Å². The number of carbonyl (C=O) groups excluding carboxylic acids is 2. The van der Waals surface area contributed by atoms with Gasteiger partial charge in [0.25, 0.3) is 5.91 Å². The number of carbonyl (C=O) groups is 2. The SMILES string of the molecule is CCOC(=O)C1(C)CCCCN1C(=O)c1cccc(F)c1. The first-order valence-corrected chi connectivity index (χ1v) is 7.24. The van der Waals surface area contributed by atoms with Crippen LogP contribution in [0.3, 0.4) is 0 Å². The third-order valence-corrected chi connectivity index (χ3v) is 3.92. The Bertz CT molecular complexity index is 546. The van der Waals surface area contributed by atoms with Crippen molar-refractivity contribution in [1.29, 1.82) is 0 Å². The van der Waals surface area contributed by atoms with Crippen LogP contribution >= 0.6 is 0 Å². The van der Waals surface area contributed by atoms with Gasteiger partial charge in [0, 0.05) is 12.1 Å². The minimum atomic E-state index is -0.975. The van der Waals surface area contributed by atoms with Gasteiger partial charge >= 0.3 is 5.97 Å². The molecule has 0 radical (unpaired) electrons. The molecule has 1 aliphatic heterocycles. The van der Waals surface area contributed by atoms with E-state index in [0.717, 1.165) is 12.8 Å². The fraction of sp³-hybridized carbons (Fsp3) is 0.500. The van der Waals surface area contributed by atoms with E-state index in [9.17, 15) is 14.0 Å². The summed E-state index contributed by atoms with van der Waals surface area (Å²) in [5, 5.41) is 0. The van der Waals surface area contributed by atoms with Gasteiger partial charge in [0.05, 0.1) is 6.61 Å². The van der Waals surface area contributed by atoms with E-state index in [4.69, 9.17) is 4.74 Å². The van der Waals surface area contributed by atoms with Crippen LogP contribution in [-0.4, -0.2) is 35.5 Å². The molecule has 1 atom stereocenters. The summed E-state index contributed by atoms with van der Waals surface area (Å²) >= 11 is 0. The van der Waals surface area contributed by atoms with Crippen molar-refractivity contribution < 1.29 is 18.7 Å². The molecule has 1 heterocycles. The molecule has 0 aliphatic carbocycles. The Hall–Kier alpha value is -1.91. The molecule has 1 saturated heterocycles. The lowest BCUT2D eigenvalue weighted by atomic mass is 9.87. The van der Waals surface area contributed by atoms with E-state index < -0.39 is 17.3 Å². The van der Waals surface area contributed by atoms with Gasteiger partial charge in [0.1, 0.15) is 11.4 Å². The number of benzene rings is 1. The molecule has 0 N–H and O–H groups in total. The van der Waals surface area contributed by atoms with Crippen molar-refractivity contribution in [2.45, 2.75) is 38.6 Å². The molecule has 21 heavy (non-hydrogen) atoms. The quantitative estimate of drug-likeness (QED) is 0.805. The highest BCUT2D eigenvalue weighted by molar-refractivity contribution is 5.98. The van der Waals surface area contributed by atoms with E-state index >= 15 is 0 Å². The normalized spacial score (nSPS) is 22.0. The van der Waals surface area contributed by atoms with Crippen LogP contribution in [0.2, 0.25) is 0 Å². The first-order chi connectivity index (χ1) is 9.99.